The van der Waals surface area contributed by atoms with Crippen LogP contribution in [0.1, 0.15) is 48.5 Å². The minimum absolute atomic E-state index is 0.00518. The van der Waals surface area contributed by atoms with Crippen LogP contribution in [0.2, 0.25) is 0 Å². The van der Waals surface area contributed by atoms with Crippen LogP contribution in [-0.2, 0) is 16.4 Å². The Kier molecular flexibility index (Phi) is 4.68. The summed E-state index contributed by atoms with van der Waals surface area (Å²) >= 11 is 0. The summed E-state index contributed by atoms with van der Waals surface area (Å²) in [5.41, 5.74) is 0.662. The summed E-state index contributed by atoms with van der Waals surface area (Å²) in [6.07, 6.45) is 4.37. The normalized spacial score (nSPS) is 16.5. The minimum Gasteiger partial charge on any atom is -0.478 e. The molecule has 1 aromatic rings. The number of carboxylic acid groups (broad SMARTS) is 1. The van der Waals surface area contributed by atoms with E-state index in [1.165, 1.54) is 16.4 Å². The first-order valence-electron chi connectivity index (χ1n) is 7.22. The highest BCUT2D eigenvalue weighted by molar-refractivity contribution is 7.89. The van der Waals surface area contributed by atoms with E-state index in [0.29, 0.717) is 12.0 Å². The summed E-state index contributed by atoms with van der Waals surface area (Å²) in [5, 5.41) is 9.08. The molecule has 0 aliphatic heterocycles. The van der Waals surface area contributed by atoms with Crippen LogP contribution in [0.15, 0.2) is 23.1 Å². The van der Waals surface area contributed by atoms with E-state index in [4.69, 9.17) is 5.11 Å². The number of benzene rings is 1. The van der Waals surface area contributed by atoms with E-state index in [1.807, 2.05) is 6.92 Å². The average molecular weight is 311 g/mol. The summed E-state index contributed by atoms with van der Waals surface area (Å²) < 4.78 is 27.0. The van der Waals surface area contributed by atoms with Gasteiger partial charge >= 0.3 is 5.97 Å². The van der Waals surface area contributed by atoms with Crippen LogP contribution in [0.25, 0.3) is 0 Å². The summed E-state index contributed by atoms with van der Waals surface area (Å²) in [5.74, 6) is -1.11. The second-order valence-corrected chi connectivity index (χ2v) is 7.41. The lowest BCUT2D eigenvalue weighted by atomic mass is 10.1. The standard InChI is InChI=1S/C15H21NO4S/c1-3-11-8-9-12(15(17)18)10-14(11)21(19,20)16(2)13-6-4-5-7-13/h8-10,13H,3-7H2,1-2H3,(H,17,18). The van der Waals surface area contributed by atoms with Gasteiger partial charge in [-0.15, -0.1) is 0 Å². The van der Waals surface area contributed by atoms with E-state index in [-0.39, 0.29) is 16.5 Å². The highest BCUT2D eigenvalue weighted by atomic mass is 32.2. The Hall–Kier alpha value is -1.40. The molecule has 0 atom stereocenters. The maximum Gasteiger partial charge on any atom is 0.335 e. The van der Waals surface area contributed by atoms with Crippen molar-refractivity contribution in [2.75, 3.05) is 7.05 Å². The lowest BCUT2D eigenvalue weighted by Gasteiger charge is -2.25. The second-order valence-electron chi connectivity index (χ2n) is 5.44. The van der Waals surface area contributed by atoms with Gasteiger partial charge in [-0.1, -0.05) is 25.8 Å². The van der Waals surface area contributed by atoms with Crippen molar-refractivity contribution in [1.29, 1.82) is 0 Å². The topological polar surface area (TPSA) is 74.7 Å². The quantitative estimate of drug-likeness (QED) is 0.906. The molecule has 1 aliphatic carbocycles. The van der Waals surface area contributed by atoms with E-state index in [0.717, 1.165) is 25.7 Å². The van der Waals surface area contributed by atoms with E-state index >= 15 is 0 Å². The summed E-state index contributed by atoms with van der Waals surface area (Å²) in [4.78, 5) is 11.2. The third-order valence-corrected chi connectivity index (χ3v) is 6.18. The highest BCUT2D eigenvalue weighted by Crippen LogP contribution is 2.29. The number of sulfonamides is 1. The third-order valence-electron chi connectivity index (χ3n) is 4.19. The SMILES string of the molecule is CCc1ccc(C(=O)O)cc1S(=O)(=O)N(C)C1CCCC1. The number of hydrogen-bond acceptors (Lipinski definition) is 3. The van der Waals surface area contributed by atoms with Crippen molar-refractivity contribution >= 4 is 16.0 Å². The molecule has 0 aromatic heterocycles. The molecule has 0 bridgehead atoms. The Labute approximate surface area is 125 Å². The fraction of sp³-hybridized carbons (Fsp3) is 0.533. The van der Waals surface area contributed by atoms with Gasteiger partial charge in [-0.3, -0.25) is 0 Å². The van der Waals surface area contributed by atoms with E-state index in [2.05, 4.69) is 0 Å². The van der Waals surface area contributed by atoms with Gasteiger partial charge < -0.3 is 5.11 Å². The van der Waals surface area contributed by atoms with Gasteiger partial charge in [0.05, 0.1) is 10.5 Å². The predicted octanol–water partition coefficient (Wildman–Crippen LogP) is 2.51. The van der Waals surface area contributed by atoms with Crippen LogP contribution in [0, 0.1) is 0 Å². The van der Waals surface area contributed by atoms with Crippen LogP contribution in [0.5, 0.6) is 0 Å². The number of aromatic carboxylic acids is 1. The lowest BCUT2D eigenvalue weighted by molar-refractivity contribution is 0.0696. The molecule has 0 unspecified atom stereocenters. The maximum absolute atomic E-state index is 12.8. The molecule has 5 nitrogen and oxygen atoms in total. The van der Waals surface area contributed by atoms with Crippen molar-refractivity contribution in [2.24, 2.45) is 0 Å². The molecule has 21 heavy (non-hydrogen) atoms. The van der Waals surface area contributed by atoms with Crippen molar-refractivity contribution in [1.82, 2.24) is 4.31 Å². The molecule has 1 fully saturated rings. The molecule has 0 saturated heterocycles. The zero-order chi connectivity index (χ0) is 15.6. The van der Waals surface area contributed by atoms with Gasteiger partial charge in [0.2, 0.25) is 10.0 Å². The molecule has 116 valence electrons. The van der Waals surface area contributed by atoms with Crippen LogP contribution in [0.3, 0.4) is 0 Å². The summed E-state index contributed by atoms with van der Waals surface area (Å²) in [6.45, 7) is 1.87. The average Bonchev–Trinajstić information content (AvgIpc) is 2.99. The molecule has 1 saturated carbocycles. The molecule has 0 amide bonds. The van der Waals surface area contributed by atoms with Crippen molar-refractivity contribution in [2.45, 2.75) is 50.0 Å². The lowest BCUT2D eigenvalue weighted by Crippen LogP contribution is -2.35. The Balaban J connectivity index is 2.46. The van der Waals surface area contributed by atoms with Crippen LogP contribution < -0.4 is 0 Å². The Bertz CT molecular complexity index is 633. The number of nitrogens with zero attached hydrogens (tertiary/aromatic N) is 1. The van der Waals surface area contributed by atoms with Crippen molar-refractivity contribution in [3.63, 3.8) is 0 Å². The number of aryl methyl sites for hydroxylation is 1. The fourth-order valence-corrected chi connectivity index (χ4v) is 4.57. The minimum atomic E-state index is -3.65. The molecule has 1 aromatic carbocycles. The van der Waals surface area contributed by atoms with Gasteiger partial charge in [0.25, 0.3) is 0 Å². The molecule has 2 rings (SSSR count). The zero-order valence-electron chi connectivity index (χ0n) is 12.4. The summed E-state index contributed by atoms with van der Waals surface area (Å²) in [7, 11) is -2.06. The highest BCUT2D eigenvalue weighted by Gasteiger charge is 2.31. The van der Waals surface area contributed by atoms with Gasteiger partial charge in [0, 0.05) is 13.1 Å². The molecular formula is C15H21NO4S. The fourth-order valence-electron chi connectivity index (χ4n) is 2.84. The van der Waals surface area contributed by atoms with Crippen molar-refractivity contribution in [3.8, 4) is 0 Å². The largest absolute Gasteiger partial charge is 0.478 e. The molecule has 1 aliphatic rings. The van der Waals surface area contributed by atoms with Crippen LogP contribution >= 0.6 is 0 Å². The number of hydrogen-bond donors (Lipinski definition) is 1. The van der Waals surface area contributed by atoms with E-state index in [9.17, 15) is 13.2 Å². The van der Waals surface area contributed by atoms with E-state index in [1.54, 1.807) is 13.1 Å². The van der Waals surface area contributed by atoms with Gasteiger partial charge in [-0.05, 0) is 37.0 Å². The van der Waals surface area contributed by atoms with Gasteiger partial charge in [0.15, 0.2) is 0 Å². The Morgan fingerprint density at radius 3 is 2.48 bits per heavy atom. The van der Waals surface area contributed by atoms with E-state index < -0.39 is 16.0 Å². The van der Waals surface area contributed by atoms with Gasteiger partial charge in [-0.2, -0.15) is 4.31 Å². The van der Waals surface area contributed by atoms with Crippen LogP contribution in [-0.4, -0.2) is 36.9 Å². The van der Waals surface area contributed by atoms with Crippen LogP contribution in [0.4, 0.5) is 0 Å². The summed E-state index contributed by atoms with van der Waals surface area (Å²) in [6, 6.07) is 4.35. The Morgan fingerprint density at radius 2 is 1.95 bits per heavy atom. The molecule has 6 heteroatoms. The predicted molar refractivity (Wildman–Crippen MR) is 80.0 cm³/mol. The second kappa shape index (κ2) is 6.15. The smallest absolute Gasteiger partial charge is 0.335 e. The number of carboxylic acids is 1. The first kappa shape index (κ1) is 16.0. The van der Waals surface area contributed by atoms with Crippen molar-refractivity contribution < 1.29 is 18.3 Å². The number of rotatable bonds is 5. The van der Waals surface area contributed by atoms with Gasteiger partial charge in [0.1, 0.15) is 0 Å². The maximum atomic E-state index is 12.8. The molecular weight excluding hydrogens is 290 g/mol. The molecule has 1 N–H and O–H groups in total. The molecule has 0 radical (unpaired) electrons. The monoisotopic (exact) mass is 311 g/mol. The first-order chi connectivity index (χ1) is 9.87. The van der Waals surface area contributed by atoms with Crippen molar-refractivity contribution in [3.05, 3.63) is 29.3 Å². The zero-order valence-corrected chi connectivity index (χ0v) is 13.2. The third kappa shape index (κ3) is 3.11. The first-order valence-corrected chi connectivity index (χ1v) is 8.66. The molecule has 0 heterocycles. The molecule has 0 spiro atoms. The van der Waals surface area contributed by atoms with Gasteiger partial charge in [-0.25, -0.2) is 13.2 Å². The number of carbonyl (C=O) groups is 1. The Morgan fingerprint density at radius 1 is 1.33 bits per heavy atom.